The Balaban J connectivity index is 1.57. The number of rotatable bonds is 4. The van der Waals surface area contributed by atoms with Gasteiger partial charge in [-0.25, -0.2) is 4.79 Å². The smallest absolute Gasteiger partial charge is 0.341 e. The van der Waals surface area contributed by atoms with Crippen molar-refractivity contribution < 1.29 is 4.79 Å². The number of likely N-dealkylation sites (tertiary alicyclic amines) is 1. The number of nitrogens with zero attached hydrogens (tertiary/aromatic N) is 3. The van der Waals surface area contributed by atoms with Crippen molar-refractivity contribution in [2.75, 3.05) is 13.1 Å². The number of aromatic nitrogens is 2. The first-order valence-electron chi connectivity index (χ1n) is 8.99. The maximum Gasteiger partial charge on any atom is 0.348 e. The number of piperidine rings is 1. The normalized spacial score (nSPS) is 15.3. The minimum absolute atomic E-state index is 0.000180. The quantitative estimate of drug-likeness (QED) is 0.829. The maximum atomic E-state index is 12.6. The van der Waals surface area contributed by atoms with Gasteiger partial charge in [-0.05, 0) is 51.3 Å². The Hall–Kier alpha value is -2.08. The van der Waals surface area contributed by atoms with Crippen molar-refractivity contribution in [3.63, 3.8) is 0 Å². The largest absolute Gasteiger partial charge is 0.348 e. The summed E-state index contributed by atoms with van der Waals surface area (Å²) in [5, 5.41) is 0.533. The molecule has 5 nitrogen and oxygen atoms in total. The number of hydrogen-bond acceptors (Lipinski definition) is 4. The van der Waals surface area contributed by atoms with Gasteiger partial charge < -0.3 is 4.90 Å². The summed E-state index contributed by atoms with van der Waals surface area (Å²) in [4.78, 5) is 31.8. The molecule has 0 bridgehead atoms. The van der Waals surface area contributed by atoms with Gasteiger partial charge in [0.2, 0.25) is 5.91 Å². The summed E-state index contributed by atoms with van der Waals surface area (Å²) in [7, 11) is 0. The summed E-state index contributed by atoms with van der Waals surface area (Å²) in [6.07, 6.45) is 1.95. The molecule has 0 radical (unpaired) electrons. The number of carbonyl (C=O) groups is 1. The second-order valence-corrected chi connectivity index (χ2v) is 8.21. The summed E-state index contributed by atoms with van der Waals surface area (Å²) in [5.41, 5.74) is 2.42. The van der Waals surface area contributed by atoms with E-state index in [-0.39, 0.29) is 18.1 Å². The number of hydrogen-bond donors (Lipinski definition) is 0. The molecule has 26 heavy (non-hydrogen) atoms. The number of thioether (sulfide) groups is 1. The van der Waals surface area contributed by atoms with E-state index in [0.717, 1.165) is 31.6 Å². The van der Waals surface area contributed by atoms with Crippen LogP contribution in [0.2, 0.25) is 0 Å². The van der Waals surface area contributed by atoms with E-state index in [1.807, 2.05) is 29.7 Å². The van der Waals surface area contributed by atoms with E-state index in [4.69, 9.17) is 0 Å². The van der Waals surface area contributed by atoms with Gasteiger partial charge in [0.1, 0.15) is 6.54 Å². The molecule has 1 aromatic carbocycles. The Morgan fingerprint density at radius 2 is 1.88 bits per heavy atom. The van der Waals surface area contributed by atoms with Crippen LogP contribution in [0.1, 0.15) is 29.8 Å². The molecule has 3 rings (SSSR count). The highest BCUT2D eigenvalue weighted by Crippen LogP contribution is 2.32. The van der Waals surface area contributed by atoms with E-state index in [1.165, 1.54) is 15.0 Å². The number of aryl methyl sites for hydroxylation is 3. The van der Waals surface area contributed by atoms with Gasteiger partial charge in [0, 0.05) is 34.6 Å². The lowest BCUT2D eigenvalue weighted by molar-refractivity contribution is -0.132. The monoisotopic (exact) mass is 371 g/mol. The second-order valence-electron chi connectivity index (χ2n) is 6.87. The van der Waals surface area contributed by atoms with Crippen molar-refractivity contribution in [2.24, 2.45) is 0 Å². The van der Waals surface area contributed by atoms with Gasteiger partial charge in [0.15, 0.2) is 0 Å². The Morgan fingerprint density at radius 3 is 2.54 bits per heavy atom. The molecule has 2 aromatic rings. The van der Waals surface area contributed by atoms with Gasteiger partial charge in [0.25, 0.3) is 0 Å². The lowest BCUT2D eigenvalue weighted by Gasteiger charge is -2.32. The predicted molar refractivity (Wildman–Crippen MR) is 105 cm³/mol. The van der Waals surface area contributed by atoms with Crippen molar-refractivity contribution in [2.45, 2.75) is 50.3 Å². The number of benzene rings is 1. The highest BCUT2D eigenvalue weighted by molar-refractivity contribution is 8.00. The molecule has 1 aliphatic rings. The fraction of sp³-hybridized carbons (Fsp3) is 0.450. The van der Waals surface area contributed by atoms with Crippen LogP contribution in [0.5, 0.6) is 0 Å². The standard InChI is InChI=1S/C20H25N3O2S/c1-14-6-4-5-7-18(14)26-17-8-10-22(11-9-17)19(24)13-23-16(3)12-15(2)21-20(23)25/h4-7,12,17H,8-11,13H2,1-3H3. The molecule has 1 aliphatic heterocycles. The molecule has 1 fully saturated rings. The topological polar surface area (TPSA) is 55.2 Å². The van der Waals surface area contributed by atoms with E-state index in [2.05, 4.69) is 36.2 Å². The van der Waals surface area contributed by atoms with E-state index in [1.54, 1.807) is 6.92 Å². The van der Waals surface area contributed by atoms with Gasteiger partial charge in [-0.2, -0.15) is 4.98 Å². The summed E-state index contributed by atoms with van der Waals surface area (Å²) >= 11 is 1.91. The van der Waals surface area contributed by atoms with E-state index < -0.39 is 0 Å². The SMILES string of the molecule is Cc1cc(C)n(CC(=O)N2CCC(Sc3ccccc3C)CC2)c(=O)n1. The highest BCUT2D eigenvalue weighted by atomic mass is 32.2. The zero-order valence-corrected chi connectivity index (χ0v) is 16.4. The highest BCUT2D eigenvalue weighted by Gasteiger charge is 2.24. The zero-order valence-electron chi connectivity index (χ0n) is 15.6. The van der Waals surface area contributed by atoms with Crippen molar-refractivity contribution >= 4 is 17.7 Å². The van der Waals surface area contributed by atoms with E-state index in [9.17, 15) is 9.59 Å². The summed E-state index contributed by atoms with van der Waals surface area (Å²) < 4.78 is 1.46. The van der Waals surface area contributed by atoms with Crippen molar-refractivity contribution in [1.82, 2.24) is 14.5 Å². The lowest BCUT2D eigenvalue weighted by atomic mass is 10.1. The average molecular weight is 372 g/mol. The first-order chi connectivity index (χ1) is 12.4. The molecule has 1 amide bonds. The third-order valence-electron chi connectivity index (χ3n) is 4.82. The van der Waals surface area contributed by atoms with Crippen LogP contribution in [0.25, 0.3) is 0 Å². The van der Waals surface area contributed by atoms with E-state index in [0.29, 0.717) is 10.9 Å². The van der Waals surface area contributed by atoms with Crippen LogP contribution >= 0.6 is 11.8 Å². The summed E-state index contributed by atoms with van der Waals surface area (Å²) in [6, 6.07) is 10.3. The first kappa shape index (κ1) is 18.7. The van der Waals surface area contributed by atoms with Crippen LogP contribution < -0.4 is 5.69 Å². The van der Waals surface area contributed by atoms with Gasteiger partial charge in [-0.3, -0.25) is 9.36 Å². The molecule has 0 N–H and O–H groups in total. The van der Waals surface area contributed by atoms with Crippen LogP contribution in [-0.4, -0.2) is 38.7 Å². The van der Waals surface area contributed by atoms with Crippen LogP contribution in [0.15, 0.2) is 40.0 Å². The molecular weight excluding hydrogens is 346 g/mol. The fourth-order valence-corrected chi connectivity index (χ4v) is 4.51. The lowest BCUT2D eigenvalue weighted by Crippen LogP contribution is -2.42. The summed E-state index contributed by atoms with van der Waals surface area (Å²) in [5.74, 6) is 0.000180. The minimum Gasteiger partial charge on any atom is -0.341 e. The zero-order chi connectivity index (χ0) is 18.7. The Kier molecular flexibility index (Phi) is 5.81. The van der Waals surface area contributed by atoms with Crippen molar-refractivity contribution in [3.05, 3.63) is 57.8 Å². The predicted octanol–water partition coefficient (Wildman–Crippen LogP) is 2.95. The van der Waals surface area contributed by atoms with Crippen molar-refractivity contribution in [3.8, 4) is 0 Å². The van der Waals surface area contributed by atoms with Crippen LogP contribution in [0, 0.1) is 20.8 Å². The van der Waals surface area contributed by atoms with Crippen LogP contribution in [0.3, 0.4) is 0 Å². The summed E-state index contributed by atoms with van der Waals surface area (Å²) in [6.45, 7) is 7.33. The molecule has 0 atom stereocenters. The Bertz CT molecular complexity index is 854. The average Bonchev–Trinajstić information content (AvgIpc) is 2.60. The number of carbonyl (C=O) groups excluding carboxylic acids is 1. The van der Waals surface area contributed by atoms with Gasteiger partial charge in [0.05, 0.1) is 0 Å². The van der Waals surface area contributed by atoms with Crippen LogP contribution in [0.4, 0.5) is 0 Å². The molecule has 6 heteroatoms. The third kappa shape index (κ3) is 4.36. The number of amides is 1. The van der Waals surface area contributed by atoms with Crippen LogP contribution in [-0.2, 0) is 11.3 Å². The molecule has 2 heterocycles. The minimum atomic E-state index is -0.346. The van der Waals surface area contributed by atoms with Gasteiger partial charge >= 0.3 is 5.69 Å². The van der Waals surface area contributed by atoms with E-state index >= 15 is 0 Å². The fourth-order valence-electron chi connectivity index (χ4n) is 3.29. The van der Waals surface area contributed by atoms with Gasteiger partial charge in [-0.15, -0.1) is 11.8 Å². The molecule has 1 aromatic heterocycles. The molecule has 1 saturated heterocycles. The first-order valence-corrected chi connectivity index (χ1v) is 9.87. The molecule has 0 spiro atoms. The molecule has 0 aliphatic carbocycles. The van der Waals surface area contributed by atoms with Gasteiger partial charge in [-0.1, -0.05) is 18.2 Å². The Labute approximate surface area is 158 Å². The third-order valence-corrected chi connectivity index (χ3v) is 6.34. The molecule has 0 saturated carbocycles. The molecule has 0 unspecified atom stereocenters. The maximum absolute atomic E-state index is 12.6. The molecule has 138 valence electrons. The second kappa shape index (κ2) is 8.08. The van der Waals surface area contributed by atoms with Crippen molar-refractivity contribution in [1.29, 1.82) is 0 Å². The Morgan fingerprint density at radius 1 is 1.19 bits per heavy atom. The molecular formula is C20H25N3O2S.